The molecule has 4 rings (SSSR count). The molecule has 0 aliphatic rings. The predicted octanol–water partition coefficient (Wildman–Crippen LogP) is 4.00. The second-order valence-corrected chi connectivity index (χ2v) is 9.68. The summed E-state index contributed by atoms with van der Waals surface area (Å²) in [6.45, 7) is 0.839. The number of sulfonamides is 1. The van der Waals surface area contributed by atoms with E-state index in [0.29, 0.717) is 17.8 Å². The molecule has 0 aliphatic carbocycles. The van der Waals surface area contributed by atoms with Crippen molar-refractivity contribution >= 4 is 21.6 Å². The van der Waals surface area contributed by atoms with Gasteiger partial charge in [0, 0.05) is 25.5 Å². The van der Waals surface area contributed by atoms with Gasteiger partial charge in [0.25, 0.3) is 5.91 Å². The summed E-state index contributed by atoms with van der Waals surface area (Å²) in [5.41, 5.74) is 2.91. The molecule has 168 valence electrons. The highest BCUT2D eigenvalue weighted by atomic mass is 32.2. The summed E-state index contributed by atoms with van der Waals surface area (Å²) in [6.07, 6.45) is 3.19. The maximum atomic E-state index is 12.9. The van der Waals surface area contributed by atoms with Crippen molar-refractivity contribution in [1.82, 2.24) is 14.1 Å². The number of carbonyl (C=O) groups excluding carboxylic acids is 1. The van der Waals surface area contributed by atoms with E-state index >= 15 is 0 Å². The van der Waals surface area contributed by atoms with Gasteiger partial charge in [-0.3, -0.25) is 9.48 Å². The van der Waals surface area contributed by atoms with Gasteiger partial charge >= 0.3 is 0 Å². The van der Waals surface area contributed by atoms with Crippen LogP contribution in [0.2, 0.25) is 0 Å². The Kier molecular flexibility index (Phi) is 6.67. The summed E-state index contributed by atoms with van der Waals surface area (Å²) in [4.78, 5) is 12.7. The van der Waals surface area contributed by atoms with Crippen LogP contribution in [0.1, 0.15) is 21.5 Å². The summed E-state index contributed by atoms with van der Waals surface area (Å²) >= 11 is 0. The molecule has 3 aromatic carbocycles. The standard InChI is InChI=1S/C25H24N4O3S/c1-28(17-20-8-4-2-5-9-20)33(31,32)24-14-12-23(13-15-24)27-25(30)22-16-26-29(19-22)18-21-10-6-3-7-11-21/h2-16,19H,17-18H2,1H3,(H,27,30). The average Bonchev–Trinajstić information content (AvgIpc) is 3.29. The third-order valence-corrected chi connectivity index (χ3v) is 6.97. The van der Waals surface area contributed by atoms with E-state index in [9.17, 15) is 13.2 Å². The number of anilines is 1. The van der Waals surface area contributed by atoms with Gasteiger partial charge in [-0.1, -0.05) is 60.7 Å². The van der Waals surface area contributed by atoms with Crippen molar-refractivity contribution in [3.05, 3.63) is 114 Å². The Labute approximate surface area is 193 Å². The van der Waals surface area contributed by atoms with Crippen LogP contribution in [0.3, 0.4) is 0 Å². The SMILES string of the molecule is CN(Cc1ccccc1)S(=O)(=O)c1ccc(NC(=O)c2cnn(Cc3ccccc3)c2)cc1. The summed E-state index contributed by atoms with van der Waals surface area (Å²) in [5.74, 6) is -0.314. The maximum absolute atomic E-state index is 12.9. The number of nitrogens with one attached hydrogen (secondary N) is 1. The van der Waals surface area contributed by atoms with Crippen molar-refractivity contribution in [2.24, 2.45) is 0 Å². The van der Waals surface area contributed by atoms with Crippen molar-refractivity contribution in [1.29, 1.82) is 0 Å². The number of hydrogen-bond acceptors (Lipinski definition) is 4. The van der Waals surface area contributed by atoms with Gasteiger partial charge in [0.15, 0.2) is 0 Å². The number of benzene rings is 3. The van der Waals surface area contributed by atoms with E-state index in [1.807, 2.05) is 60.7 Å². The van der Waals surface area contributed by atoms with Crippen molar-refractivity contribution in [2.75, 3.05) is 12.4 Å². The van der Waals surface area contributed by atoms with Crippen LogP contribution >= 0.6 is 0 Å². The Morgan fingerprint density at radius 2 is 1.52 bits per heavy atom. The highest BCUT2D eigenvalue weighted by molar-refractivity contribution is 7.89. The lowest BCUT2D eigenvalue weighted by Gasteiger charge is -2.17. The van der Waals surface area contributed by atoms with Gasteiger partial charge in [-0.05, 0) is 35.4 Å². The van der Waals surface area contributed by atoms with E-state index in [0.717, 1.165) is 11.1 Å². The molecule has 4 aromatic rings. The minimum absolute atomic E-state index is 0.162. The number of nitrogens with zero attached hydrogens (tertiary/aromatic N) is 3. The Balaban J connectivity index is 1.39. The van der Waals surface area contributed by atoms with Crippen LogP contribution in [0.4, 0.5) is 5.69 Å². The zero-order valence-corrected chi connectivity index (χ0v) is 18.9. The second-order valence-electron chi connectivity index (χ2n) is 7.64. The van der Waals surface area contributed by atoms with Crippen LogP contribution in [-0.2, 0) is 23.1 Å². The predicted molar refractivity (Wildman–Crippen MR) is 127 cm³/mol. The van der Waals surface area contributed by atoms with E-state index in [4.69, 9.17) is 0 Å². The Hall–Kier alpha value is -3.75. The molecule has 1 amide bonds. The molecular formula is C25H24N4O3S. The molecule has 7 nitrogen and oxygen atoms in total. The van der Waals surface area contributed by atoms with Crippen LogP contribution in [0, 0.1) is 0 Å². The number of carbonyl (C=O) groups is 1. The van der Waals surface area contributed by atoms with Gasteiger partial charge < -0.3 is 5.32 Å². The Bertz CT molecular complexity index is 1320. The molecule has 0 saturated carbocycles. The average molecular weight is 461 g/mol. The highest BCUT2D eigenvalue weighted by Gasteiger charge is 2.21. The minimum Gasteiger partial charge on any atom is -0.322 e. The third kappa shape index (κ3) is 5.54. The van der Waals surface area contributed by atoms with Crippen LogP contribution in [0.15, 0.2) is 102 Å². The minimum atomic E-state index is -3.65. The topological polar surface area (TPSA) is 84.3 Å². The van der Waals surface area contributed by atoms with Gasteiger partial charge in [-0.25, -0.2) is 8.42 Å². The third-order valence-electron chi connectivity index (χ3n) is 5.15. The molecule has 0 saturated heterocycles. The van der Waals surface area contributed by atoms with Gasteiger partial charge in [0.05, 0.1) is 23.2 Å². The first-order chi connectivity index (χ1) is 15.9. The van der Waals surface area contributed by atoms with Gasteiger partial charge in [-0.2, -0.15) is 9.40 Å². The lowest BCUT2D eigenvalue weighted by atomic mass is 10.2. The largest absolute Gasteiger partial charge is 0.322 e. The fraction of sp³-hybridized carbons (Fsp3) is 0.120. The van der Waals surface area contributed by atoms with Gasteiger partial charge in [-0.15, -0.1) is 0 Å². The van der Waals surface area contributed by atoms with Crippen molar-refractivity contribution < 1.29 is 13.2 Å². The molecule has 0 atom stereocenters. The van der Waals surface area contributed by atoms with Crippen LogP contribution in [-0.4, -0.2) is 35.5 Å². The van der Waals surface area contributed by atoms with E-state index < -0.39 is 10.0 Å². The summed E-state index contributed by atoms with van der Waals surface area (Å²) in [7, 11) is -2.11. The molecule has 0 fully saturated rings. The summed E-state index contributed by atoms with van der Waals surface area (Å²) in [5, 5.41) is 7.03. The zero-order valence-electron chi connectivity index (χ0n) is 18.1. The van der Waals surface area contributed by atoms with Crippen molar-refractivity contribution in [3.8, 4) is 0 Å². The molecule has 0 unspecified atom stereocenters. The Morgan fingerprint density at radius 1 is 0.909 bits per heavy atom. The zero-order chi connectivity index (χ0) is 23.3. The molecule has 1 aromatic heterocycles. The molecule has 8 heteroatoms. The first kappa shape index (κ1) is 22.4. The first-order valence-electron chi connectivity index (χ1n) is 10.4. The summed E-state index contributed by atoms with van der Waals surface area (Å²) in [6, 6.07) is 25.4. The molecule has 0 spiro atoms. The van der Waals surface area contributed by atoms with E-state index in [1.54, 1.807) is 30.1 Å². The number of aromatic nitrogens is 2. The first-order valence-corrected chi connectivity index (χ1v) is 11.8. The van der Waals surface area contributed by atoms with E-state index in [-0.39, 0.29) is 17.3 Å². The lowest BCUT2D eigenvalue weighted by Crippen LogP contribution is -2.26. The monoisotopic (exact) mass is 460 g/mol. The lowest BCUT2D eigenvalue weighted by molar-refractivity contribution is 0.102. The molecule has 1 heterocycles. The highest BCUT2D eigenvalue weighted by Crippen LogP contribution is 2.20. The van der Waals surface area contributed by atoms with Crippen molar-refractivity contribution in [3.63, 3.8) is 0 Å². The molecule has 0 aliphatic heterocycles. The Morgan fingerprint density at radius 3 is 2.15 bits per heavy atom. The smallest absolute Gasteiger partial charge is 0.258 e. The summed E-state index contributed by atoms with van der Waals surface area (Å²) < 4.78 is 28.7. The van der Waals surface area contributed by atoms with Crippen LogP contribution in [0.25, 0.3) is 0 Å². The fourth-order valence-electron chi connectivity index (χ4n) is 3.36. The van der Waals surface area contributed by atoms with E-state index in [1.165, 1.54) is 22.6 Å². The molecule has 0 bridgehead atoms. The van der Waals surface area contributed by atoms with Crippen LogP contribution < -0.4 is 5.32 Å². The van der Waals surface area contributed by atoms with Gasteiger partial charge in [0.1, 0.15) is 0 Å². The maximum Gasteiger partial charge on any atom is 0.258 e. The molecule has 1 N–H and O–H groups in total. The number of rotatable bonds is 8. The number of hydrogen-bond donors (Lipinski definition) is 1. The number of amides is 1. The molecular weight excluding hydrogens is 436 g/mol. The normalized spacial score (nSPS) is 11.5. The fourth-order valence-corrected chi connectivity index (χ4v) is 4.52. The second kappa shape index (κ2) is 9.81. The van der Waals surface area contributed by atoms with Crippen LogP contribution in [0.5, 0.6) is 0 Å². The molecule has 33 heavy (non-hydrogen) atoms. The molecule has 0 radical (unpaired) electrons. The van der Waals surface area contributed by atoms with Gasteiger partial charge in [0.2, 0.25) is 10.0 Å². The van der Waals surface area contributed by atoms with Crippen molar-refractivity contribution in [2.45, 2.75) is 18.0 Å². The van der Waals surface area contributed by atoms with E-state index in [2.05, 4.69) is 10.4 Å². The quantitative estimate of drug-likeness (QED) is 0.431.